The lowest BCUT2D eigenvalue weighted by molar-refractivity contribution is -0.121. The van der Waals surface area contributed by atoms with Crippen molar-refractivity contribution in [3.8, 4) is 0 Å². The zero-order valence-corrected chi connectivity index (χ0v) is 14.9. The third-order valence-electron chi connectivity index (χ3n) is 4.60. The maximum atomic E-state index is 12.1. The van der Waals surface area contributed by atoms with E-state index < -0.39 is 0 Å². The Morgan fingerprint density at radius 1 is 1.17 bits per heavy atom. The molecule has 2 rings (SSSR count). The number of imide groups is 1. The van der Waals surface area contributed by atoms with Crippen LogP contribution in [0.2, 0.25) is 0 Å². The van der Waals surface area contributed by atoms with Gasteiger partial charge in [0.2, 0.25) is 5.91 Å². The first-order chi connectivity index (χ1) is 10.7. The number of nitrogens with zero attached hydrogens (tertiary/aromatic N) is 1. The van der Waals surface area contributed by atoms with Crippen molar-refractivity contribution < 1.29 is 9.59 Å². The van der Waals surface area contributed by atoms with Gasteiger partial charge in [0, 0.05) is 18.6 Å². The SMILES string of the molecule is CCCN(CC(=O)NC(=O)NC1CCCCC1)C1CCNC1.Cl. The molecule has 0 aromatic carbocycles. The molecule has 0 aromatic heterocycles. The molecule has 1 atom stereocenters. The zero-order chi connectivity index (χ0) is 15.8. The first kappa shape index (κ1) is 20.2. The van der Waals surface area contributed by atoms with Crippen LogP contribution in [-0.4, -0.2) is 55.1 Å². The molecule has 2 aliphatic rings. The summed E-state index contributed by atoms with van der Waals surface area (Å²) in [5.74, 6) is -0.200. The first-order valence-electron chi connectivity index (χ1n) is 8.74. The number of hydrogen-bond acceptors (Lipinski definition) is 4. The number of hydrogen-bond donors (Lipinski definition) is 3. The standard InChI is InChI=1S/C16H30N4O2.ClH/c1-2-10-20(14-8-9-17-11-14)12-15(21)19-16(22)18-13-6-4-3-5-7-13;/h13-14,17H,2-12H2,1H3,(H2,18,19,21,22);1H. The fourth-order valence-corrected chi connectivity index (χ4v) is 3.45. The van der Waals surface area contributed by atoms with E-state index in [4.69, 9.17) is 0 Å². The van der Waals surface area contributed by atoms with Crippen molar-refractivity contribution in [2.24, 2.45) is 0 Å². The largest absolute Gasteiger partial charge is 0.335 e. The molecule has 0 radical (unpaired) electrons. The minimum Gasteiger partial charge on any atom is -0.335 e. The Labute approximate surface area is 145 Å². The summed E-state index contributed by atoms with van der Waals surface area (Å²) in [5.41, 5.74) is 0. The molecule has 2 fully saturated rings. The fraction of sp³-hybridized carbons (Fsp3) is 0.875. The summed E-state index contributed by atoms with van der Waals surface area (Å²) in [6, 6.07) is 0.303. The molecule has 134 valence electrons. The zero-order valence-electron chi connectivity index (χ0n) is 14.1. The Bertz CT molecular complexity index is 369. The second-order valence-corrected chi connectivity index (χ2v) is 6.47. The molecule has 1 aliphatic heterocycles. The number of carbonyl (C=O) groups excluding carboxylic acids is 2. The van der Waals surface area contributed by atoms with Gasteiger partial charge in [-0.2, -0.15) is 0 Å². The molecule has 1 aliphatic carbocycles. The van der Waals surface area contributed by atoms with E-state index in [1.807, 2.05) is 0 Å². The van der Waals surface area contributed by atoms with E-state index in [1.54, 1.807) is 0 Å². The van der Waals surface area contributed by atoms with Gasteiger partial charge in [-0.25, -0.2) is 4.79 Å². The highest BCUT2D eigenvalue weighted by molar-refractivity contribution is 5.95. The summed E-state index contributed by atoms with van der Waals surface area (Å²) in [6.07, 6.45) is 7.71. The molecule has 3 N–H and O–H groups in total. The molecule has 1 saturated carbocycles. The second-order valence-electron chi connectivity index (χ2n) is 6.47. The monoisotopic (exact) mass is 346 g/mol. The Morgan fingerprint density at radius 3 is 2.52 bits per heavy atom. The van der Waals surface area contributed by atoms with Crippen LogP contribution in [0.25, 0.3) is 0 Å². The lowest BCUT2D eigenvalue weighted by Crippen LogP contribution is -2.50. The molecular formula is C16H31ClN4O2. The van der Waals surface area contributed by atoms with E-state index in [0.29, 0.717) is 12.6 Å². The molecule has 6 nitrogen and oxygen atoms in total. The van der Waals surface area contributed by atoms with Crippen LogP contribution in [0.4, 0.5) is 4.79 Å². The van der Waals surface area contributed by atoms with Crippen molar-refractivity contribution >= 4 is 24.3 Å². The molecule has 23 heavy (non-hydrogen) atoms. The number of rotatable bonds is 6. The van der Waals surface area contributed by atoms with Crippen LogP contribution in [0, 0.1) is 0 Å². The predicted octanol–water partition coefficient (Wildman–Crippen LogP) is 1.64. The summed E-state index contributed by atoms with van der Waals surface area (Å²) in [4.78, 5) is 26.2. The highest BCUT2D eigenvalue weighted by Gasteiger charge is 2.24. The van der Waals surface area contributed by atoms with Crippen molar-refractivity contribution in [1.29, 1.82) is 0 Å². The number of halogens is 1. The Kier molecular flexibility index (Phi) is 9.52. The van der Waals surface area contributed by atoms with E-state index in [2.05, 4.69) is 27.8 Å². The molecule has 0 bridgehead atoms. The molecule has 7 heteroatoms. The van der Waals surface area contributed by atoms with Gasteiger partial charge in [0.05, 0.1) is 6.54 Å². The Hall–Kier alpha value is -0.850. The quantitative estimate of drug-likeness (QED) is 0.683. The van der Waals surface area contributed by atoms with E-state index in [9.17, 15) is 9.59 Å². The molecule has 1 saturated heterocycles. The van der Waals surface area contributed by atoms with Crippen LogP contribution in [0.3, 0.4) is 0 Å². The minimum absolute atomic E-state index is 0. The van der Waals surface area contributed by atoms with Crippen molar-refractivity contribution in [3.63, 3.8) is 0 Å². The highest BCUT2D eigenvalue weighted by atomic mass is 35.5. The third-order valence-corrected chi connectivity index (χ3v) is 4.60. The summed E-state index contributed by atoms with van der Waals surface area (Å²) < 4.78 is 0. The van der Waals surface area contributed by atoms with Gasteiger partial charge in [-0.05, 0) is 38.8 Å². The van der Waals surface area contributed by atoms with Crippen LogP contribution >= 0.6 is 12.4 Å². The molecule has 1 unspecified atom stereocenters. The number of carbonyl (C=O) groups is 2. The predicted molar refractivity (Wildman–Crippen MR) is 93.9 cm³/mol. The van der Waals surface area contributed by atoms with Gasteiger partial charge in [-0.1, -0.05) is 26.2 Å². The van der Waals surface area contributed by atoms with Crippen molar-refractivity contribution in [2.75, 3.05) is 26.2 Å². The van der Waals surface area contributed by atoms with Crippen LogP contribution < -0.4 is 16.0 Å². The van der Waals surface area contributed by atoms with Crippen molar-refractivity contribution in [2.45, 2.75) is 64.0 Å². The average Bonchev–Trinajstić information content (AvgIpc) is 3.01. The Balaban J connectivity index is 0.00000264. The first-order valence-corrected chi connectivity index (χ1v) is 8.74. The number of amides is 3. The van der Waals surface area contributed by atoms with Gasteiger partial charge >= 0.3 is 6.03 Å². The van der Waals surface area contributed by atoms with Gasteiger partial charge in [-0.3, -0.25) is 15.0 Å². The van der Waals surface area contributed by atoms with Crippen LogP contribution in [0.5, 0.6) is 0 Å². The van der Waals surface area contributed by atoms with Crippen LogP contribution in [-0.2, 0) is 4.79 Å². The van der Waals surface area contributed by atoms with Crippen LogP contribution in [0.1, 0.15) is 51.9 Å². The maximum absolute atomic E-state index is 12.1. The van der Waals surface area contributed by atoms with E-state index in [-0.39, 0.29) is 30.4 Å². The fourth-order valence-electron chi connectivity index (χ4n) is 3.45. The summed E-state index contributed by atoms with van der Waals surface area (Å²) in [7, 11) is 0. The van der Waals surface area contributed by atoms with Crippen molar-refractivity contribution in [3.05, 3.63) is 0 Å². The molecule has 0 aromatic rings. The molecular weight excluding hydrogens is 316 g/mol. The third kappa shape index (κ3) is 7.06. The van der Waals surface area contributed by atoms with Gasteiger partial charge in [-0.15, -0.1) is 12.4 Å². The molecule has 3 amide bonds. The van der Waals surface area contributed by atoms with E-state index in [1.165, 1.54) is 6.42 Å². The van der Waals surface area contributed by atoms with Gasteiger partial charge in [0.1, 0.15) is 0 Å². The smallest absolute Gasteiger partial charge is 0.321 e. The summed E-state index contributed by atoms with van der Waals surface area (Å²) >= 11 is 0. The van der Waals surface area contributed by atoms with Crippen molar-refractivity contribution in [1.82, 2.24) is 20.9 Å². The Morgan fingerprint density at radius 2 is 1.91 bits per heavy atom. The highest BCUT2D eigenvalue weighted by Crippen LogP contribution is 2.17. The molecule has 1 heterocycles. The lowest BCUT2D eigenvalue weighted by Gasteiger charge is -2.27. The van der Waals surface area contributed by atoms with Crippen LogP contribution in [0.15, 0.2) is 0 Å². The number of urea groups is 1. The minimum atomic E-state index is -0.335. The summed E-state index contributed by atoms with van der Waals surface area (Å²) in [5, 5.41) is 8.74. The lowest BCUT2D eigenvalue weighted by atomic mass is 9.96. The second kappa shape index (κ2) is 10.8. The van der Waals surface area contributed by atoms with E-state index >= 15 is 0 Å². The number of nitrogens with one attached hydrogen (secondary N) is 3. The normalized spacial score (nSPS) is 21.7. The van der Waals surface area contributed by atoms with E-state index in [0.717, 1.165) is 58.2 Å². The average molecular weight is 347 g/mol. The topological polar surface area (TPSA) is 73.5 Å². The van der Waals surface area contributed by atoms with Gasteiger partial charge < -0.3 is 10.6 Å². The van der Waals surface area contributed by atoms with Gasteiger partial charge in [0.25, 0.3) is 0 Å². The summed E-state index contributed by atoms with van der Waals surface area (Å²) in [6.45, 7) is 5.25. The van der Waals surface area contributed by atoms with Gasteiger partial charge in [0.15, 0.2) is 0 Å². The maximum Gasteiger partial charge on any atom is 0.321 e. The molecule has 0 spiro atoms.